The van der Waals surface area contributed by atoms with Crippen LogP contribution in [0.3, 0.4) is 0 Å². The average molecular weight is 266 g/mol. The molecule has 1 aromatic carbocycles. The third kappa shape index (κ3) is 5.29. The lowest BCUT2D eigenvalue weighted by molar-refractivity contribution is -0.147. The monoisotopic (exact) mass is 266 g/mol. The van der Waals surface area contributed by atoms with E-state index in [1.165, 1.54) is 4.90 Å². The molecule has 0 aliphatic heterocycles. The number of benzene rings is 1. The van der Waals surface area contributed by atoms with Crippen molar-refractivity contribution in [2.45, 2.75) is 6.42 Å². The summed E-state index contributed by atoms with van der Waals surface area (Å²) in [6, 6.07) is 6.87. The Balaban J connectivity index is 2.25. The zero-order chi connectivity index (χ0) is 14.3. The molecule has 6 heteroatoms. The van der Waals surface area contributed by atoms with E-state index in [0.29, 0.717) is 11.4 Å². The van der Waals surface area contributed by atoms with E-state index in [-0.39, 0.29) is 25.5 Å². The van der Waals surface area contributed by atoms with Crippen molar-refractivity contribution in [1.82, 2.24) is 4.90 Å². The van der Waals surface area contributed by atoms with E-state index < -0.39 is 5.97 Å². The van der Waals surface area contributed by atoms with E-state index in [1.54, 1.807) is 38.4 Å². The smallest absolute Gasteiger partial charge is 0.344 e. The van der Waals surface area contributed by atoms with Crippen LogP contribution in [0.4, 0.5) is 5.69 Å². The Kier molecular flexibility index (Phi) is 5.66. The quantitative estimate of drug-likeness (QED) is 0.604. The first-order valence-corrected chi connectivity index (χ1v) is 5.84. The fraction of sp³-hybridized carbons (Fsp3) is 0.385. The van der Waals surface area contributed by atoms with E-state index in [4.69, 9.17) is 15.2 Å². The third-order valence-corrected chi connectivity index (χ3v) is 2.34. The molecule has 0 aromatic heterocycles. The molecule has 6 nitrogen and oxygen atoms in total. The number of nitrogens with zero attached hydrogens (tertiary/aromatic N) is 1. The Bertz CT molecular complexity index is 446. The van der Waals surface area contributed by atoms with Crippen LogP contribution >= 0.6 is 0 Å². The summed E-state index contributed by atoms with van der Waals surface area (Å²) in [5.41, 5.74) is 6.11. The molecule has 0 aliphatic carbocycles. The molecule has 2 N–H and O–H groups in total. The van der Waals surface area contributed by atoms with Gasteiger partial charge in [-0.25, -0.2) is 4.79 Å². The predicted molar refractivity (Wildman–Crippen MR) is 70.6 cm³/mol. The molecule has 0 saturated heterocycles. The summed E-state index contributed by atoms with van der Waals surface area (Å²) in [6.07, 6.45) is 0.159. The van der Waals surface area contributed by atoms with Gasteiger partial charge in [-0.05, 0) is 12.1 Å². The highest BCUT2D eigenvalue weighted by atomic mass is 16.6. The summed E-state index contributed by atoms with van der Waals surface area (Å²) in [4.78, 5) is 24.0. The molecular formula is C13H18N2O4. The lowest BCUT2D eigenvalue weighted by Gasteiger charge is -2.11. The second kappa shape index (κ2) is 7.25. The summed E-state index contributed by atoms with van der Waals surface area (Å²) < 4.78 is 10.1. The van der Waals surface area contributed by atoms with Crippen molar-refractivity contribution in [1.29, 1.82) is 0 Å². The van der Waals surface area contributed by atoms with Crippen LogP contribution in [-0.4, -0.2) is 44.1 Å². The molecule has 0 atom stereocenters. The van der Waals surface area contributed by atoms with Gasteiger partial charge in [0.1, 0.15) is 12.4 Å². The molecule has 0 saturated carbocycles. The van der Waals surface area contributed by atoms with Gasteiger partial charge in [-0.1, -0.05) is 12.1 Å². The van der Waals surface area contributed by atoms with E-state index in [9.17, 15) is 9.59 Å². The number of amides is 1. The lowest BCUT2D eigenvalue weighted by atomic mass is 10.3. The van der Waals surface area contributed by atoms with Crippen molar-refractivity contribution in [3.05, 3.63) is 24.3 Å². The molecule has 1 amide bonds. The molecule has 0 unspecified atom stereocenters. The van der Waals surface area contributed by atoms with E-state index in [0.717, 1.165) is 0 Å². The summed E-state index contributed by atoms with van der Waals surface area (Å²) >= 11 is 0. The number of carbonyl (C=O) groups is 2. The maximum atomic E-state index is 11.4. The number of hydrogen-bond acceptors (Lipinski definition) is 5. The van der Waals surface area contributed by atoms with Crippen LogP contribution in [0.5, 0.6) is 5.75 Å². The fourth-order valence-corrected chi connectivity index (χ4v) is 1.27. The Morgan fingerprint density at radius 2 is 1.95 bits per heavy atom. The number of nitrogen functional groups attached to an aromatic ring is 1. The van der Waals surface area contributed by atoms with Crippen LogP contribution in [0.2, 0.25) is 0 Å². The SMILES string of the molecule is CN(C)C(=O)CCOC(=O)COc1ccccc1N. The molecule has 1 aromatic rings. The standard InChI is InChI=1S/C13H18N2O4/c1-15(2)12(16)7-8-18-13(17)9-19-11-6-4-3-5-10(11)14/h3-6H,7-9,14H2,1-2H3. The average Bonchev–Trinajstić information content (AvgIpc) is 2.37. The highest BCUT2D eigenvalue weighted by molar-refractivity contribution is 5.76. The van der Waals surface area contributed by atoms with E-state index in [2.05, 4.69) is 0 Å². The maximum absolute atomic E-state index is 11.4. The molecule has 0 radical (unpaired) electrons. The van der Waals surface area contributed by atoms with Gasteiger partial charge in [0.2, 0.25) is 5.91 Å². The number of esters is 1. The van der Waals surface area contributed by atoms with Gasteiger partial charge in [-0.3, -0.25) is 4.79 Å². The zero-order valence-corrected chi connectivity index (χ0v) is 11.1. The van der Waals surface area contributed by atoms with Crippen LogP contribution in [0.25, 0.3) is 0 Å². The number of rotatable bonds is 6. The van der Waals surface area contributed by atoms with Crippen molar-refractivity contribution in [3.63, 3.8) is 0 Å². The maximum Gasteiger partial charge on any atom is 0.344 e. The van der Waals surface area contributed by atoms with Gasteiger partial charge in [-0.15, -0.1) is 0 Å². The topological polar surface area (TPSA) is 81.9 Å². The predicted octanol–water partition coefficient (Wildman–Crippen LogP) is 0.669. The van der Waals surface area contributed by atoms with Gasteiger partial charge in [0.15, 0.2) is 6.61 Å². The third-order valence-electron chi connectivity index (χ3n) is 2.34. The second-order valence-corrected chi connectivity index (χ2v) is 4.09. The molecule has 0 spiro atoms. The number of anilines is 1. The van der Waals surface area contributed by atoms with Crippen molar-refractivity contribution in [3.8, 4) is 5.75 Å². The number of carbonyl (C=O) groups excluding carboxylic acids is 2. The Morgan fingerprint density at radius 1 is 1.26 bits per heavy atom. The summed E-state index contributed by atoms with van der Waals surface area (Å²) in [6.45, 7) is -0.187. The van der Waals surface area contributed by atoms with E-state index in [1.807, 2.05) is 0 Å². The first-order chi connectivity index (χ1) is 9.00. The minimum Gasteiger partial charge on any atom is -0.480 e. The zero-order valence-electron chi connectivity index (χ0n) is 11.1. The largest absolute Gasteiger partial charge is 0.480 e. The molecule has 1 rings (SSSR count). The van der Waals surface area contributed by atoms with Crippen LogP contribution < -0.4 is 10.5 Å². The van der Waals surface area contributed by atoms with Crippen LogP contribution in [0, 0.1) is 0 Å². The molecule has 104 valence electrons. The van der Waals surface area contributed by atoms with Gasteiger partial charge in [0.05, 0.1) is 12.1 Å². The highest BCUT2D eigenvalue weighted by Gasteiger charge is 2.08. The fourth-order valence-electron chi connectivity index (χ4n) is 1.27. The van der Waals surface area contributed by atoms with Crippen LogP contribution in [0.1, 0.15) is 6.42 Å². The van der Waals surface area contributed by atoms with Gasteiger partial charge < -0.3 is 20.1 Å². The minimum absolute atomic E-state index is 0.0451. The van der Waals surface area contributed by atoms with Crippen LogP contribution in [-0.2, 0) is 14.3 Å². The molecule has 0 bridgehead atoms. The minimum atomic E-state index is -0.533. The second-order valence-electron chi connectivity index (χ2n) is 4.09. The van der Waals surface area contributed by atoms with Gasteiger partial charge in [-0.2, -0.15) is 0 Å². The van der Waals surface area contributed by atoms with Crippen molar-refractivity contribution >= 4 is 17.6 Å². The number of ether oxygens (including phenoxy) is 2. The number of nitrogens with two attached hydrogens (primary N) is 1. The Labute approximate surface area is 112 Å². The molecule has 19 heavy (non-hydrogen) atoms. The summed E-state index contributed by atoms with van der Waals surface area (Å²) in [7, 11) is 3.29. The van der Waals surface area contributed by atoms with Crippen LogP contribution in [0.15, 0.2) is 24.3 Å². The van der Waals surface area contributed by atoms with Crippen molar-refractivity contribution in [2.24, 2.45) is 0 Å². The molecule has 0 heterocycles. The highest BCUT2D eigenvalue weighted by Crippen LogP contribution is 2.19. The lowest BCUT2D eigenvalue weighted by Crippen LogP contribution is -2.24. The summed E-state index contributed by atoms with van der Waals surface area (Å²) in [5.74, 6) is -0.195. The molecule has 0 aliphatic rings. The Morgan fingerprint density at radius 3 is 2.58 bits per heavy atom. The van der Waals surface area contributed by atoms with Crippen molar-refractivity contribution in [2.75, 3.05) is 33.0 Å². The normalized spacial score (nSPS) is 9.79. The molecule has 0 fully saturated rings. The summed E-state index contributed by atoms with van der Waals surface area (Å²) in [5, 5.41) is 0. The number of para-hydroxylation sites is 2. The first kappa shape index (κ1) is 14.8. The molecular weight excluding hydrogens is 248 g/mol. The van der Waals surface area contributed by atoms with Gasteiger partial charge in [0, 0.05) is 14.1 Å². The van der Waals surface area contributed by atoms with Crippen molar-refractivity contribution < 1.29 is 19.1 Å². The first-order valence-electron chi connectivity index (χ1n) is 5.84. The Hall–Kier alpha value is -2.24. The van der Waals surface area contributed by atoms with Gasteiger partial charge in [0.25, 0.3) is 0 Å². The van der Waals surface area contributed by atoms with Gasteiger partial charge >= 0.3 is 5.97 Å². The number of hydrogen-bond donors (Lipinski definition) is 1. The van der Waals surface area contributed by atoms with E-state index >= 15 is 0 Å².